The average molecular weight is 296 g/mol. The quantitative estimate of drug-likeness (QED) is 0.892. The molecule has 4 rings (SSSR count). The van der Waals surface area contributed by atoms with Crippen molar-refractivity contribution >= 4 is 5.95 Å². The van der Waals surface area contributed by atoms with Crippen LogP contribution in [0, 0.1) is 0 Å². The highest BCUT2D eigenvalue weighted by molar-refractivity contribution is 5.67. The molecule has 1 fully saturated rings. The zero-order chi connectivity index (χ0) is 15.1. The van der Waals surface area contributed by atoms with Gasteiger partial charge in [-0.25, -0.2) is 9.97 Å². The van der Waals surface area contributed by atoms with Crippen molar-refractivity contribution < 1.29 is 5.11 Å². The first-order valence-electron chi connectivity index (χ1n) is 7.87. The van der Waals surface area contributed by atoms with Crippen molar-refractivity contribution in [2.45, 2.75) is 31.9 Å². The minimum atomic E-state index is -0.246. The van der Waals surface area contributed by atoms with E-state index in [1.165, 1.54) is 11.3 Å². The molecule has 0 spiro atoms. The predicted molar refractivity (Wildman–Crippen MR) is 85.6 cm³/mol. The van der Waals surface area contributed by atoms with Gasteiger partial charge in [-0.05, 0) is 24.8 Å². The normalized spacial score (nSPS) is 17.5. The lowest BCUT2D eigenvalue weighted by atomic mass is 10.0. The summed E-state index contributed by atoms with van der Waals surface area (Å²) in [5.74, 6) is 0.754. The summed E-state index contributed by atoms with van der Waals surface area (Å²) >= 11 is 0. The number of aryl methyl sites for hydroxylation is 1. The van der Waals surface area contributed by atoms with Gasteiger partial charge < -0.3 is 15.7 Å². The Hall–Kier alpha value is -1.98. The molecule has 114 valence electrons. The minimum Gasteiger partial charge on any atom is -0.389 e. The standard InChI is InChI=1S/C17H20N4O/c18-8-11-4-6-12(7-5-11)16-14-2-1-3-15(14)19-17(20-16)21-9-13(22)10-21/h4-7,13,22H,1-3,8-10,18H2. The number of β-amino-alcohol motifs (C(OH)–C–C–N with tert-alkyl or cyclic N) is 1. The van der Waals surface area contributed by atoms with Crippen LogP contribution in [0.5, 0.6) is 0 Å². The predicted octanol–water partition coefficient (Wildman–Crippen LogP) is 1.27. The number of anilines is 1. The first-order valence-corrected chi connectivity index (χ1v) is 7.87. The molecule has 1 aliphatic heterocycles. The number of rotatable bonds is 3. The first-order chi connectivity index (χ1) is 10.7. The monoisotopic (exact) mass is 296 g/mol. The number of nitrogens with zero attached hydrogens (tertiary/aromatic N) is 3. The summed E-state index contributed by atoms with van der Waals surface area (Å²) in [7, 11) is 0. The van der Waals surface area contributed by atoms with Crippen LogP contribution in [0.4, 0.5) is 5.95 Å². The number of fused-ring (bicyclic) bond motifs is 1. The van der Waals surface area contributed by atoms with Crippen LogP contribution in [0.1, 0.15) is 23.2 Å². The SMILES string of the molecule is NCc1ccc(-c2nc(N3CC(O)C3)nc3c2CCC3)cc1. The van der Waals surface area contributed by atoms with E-state index in [9.17, 15) is 5.11 Å². The highest BCUT2D eigenvalue weighted by Gasteiger charge is 2.29. The number of aliphatic hydroxyl groups is 1. The molecular weight excluding hydrogens is 276 g/mol. The van der Waals surface area contributed by atoms with Gasteiger partial charge in [0.25, 0.3) is 0 Å². The summed E-state index contributed by atoms with van der Waals surface area (Å²) in [5.41, 5.74) is 11.4. The third-order valence-electron chi connectivity index (χ3n) is 4.53. The molecule has 1 saturated heterocycles. The molecule has 0 radical (unpaired) electrons. The highest BCUT2D eigenvalue weighted by Crippen LogP contribution is 2.32. The van der Waals surface area contributed by atoms with Crippen LogP contribution in [0.3, 0.4) is 0 Å². The van der Waals surface area contributed by atoms with E-state index >= 15 is 0 Å². The fourth-order valence-corrected chi connectivity index (χ4v) is 3.22. The molecule has 1 aromatic heterocycles. The van der Waals surface area contributed by atoms with Gasteiger partial charge >= 0.3 is 0 Å². The summed E-state index contributed by atoms with van der Waals surface area (Å²) in [5, 5.41) is 9.51. The van der Waals surface area contributed by atoms with Crippen molar-refractivity contribution in [2.75, 3.05) is 18.0 Å². The van der Waals surface area contributed by atoms with Gasteiger partial charge in [0.1, 0.15) is 0 Å². The van der Waals surface area contributed by atoms with E-state index in [0.29, 0.717) is 19.6 Å². The topological polar surface area (TPSA) is 75.3 Å². The number of hydrogen-bond donors (Lipinski definition) is 2. The summed E-state index contributed by atoms with van der Waals surface area (Å²) in [6, 6.07) is 8.31. The molecule has 3 N–H and O–H groups in total. The maximum Gasteiger partial charge on any atom is 0.226 e. The zero-order valence-electron chi connectivity index (χ0n) is 12.5. The largest absolute Gasteiger partial charge is 0.389 e. The summed E-state index contributed by atoms with van der Waals surface area (Å²) < 4.78 is 0. The highest BCUT2D eigenvalue weighted by atomic mass is 16.3. The van der Waals surface area contributed by atoms with Gasteiger partial charge in [0.15, 0.2) is 0 Å². The Morgan fingerprint density at radius 3 is 2.59 bits per heavy atom. The second-order valence-corrected chi connectivity index (χ2v) is 6.11. The van der Waals surface area contributed by atoms with Crippen LogP contribution in [0.15, 0.2) is 24.3 Å². The summed E-state index contributed by atoms with van der Waals surface area (Å²) in [6.07, 6.45) is 2.97. The van der Waals surface area contributed by atoms with Crippen LogP contribution in [-0.4, -0.2) is 34.3 Å². The lowest BCUT2D eigenvalue weighted by Gasteiger charge is -2.36. The van der Waals surface area contributed by atoms with Crippen molar-refractivity contribution in [1.29, 1.82) is 0 Å². The Morgan fingerprint density at radius 2 is 1.91 bits per heavy atom. The molecule has 2 aromatic rings. The molecule has 0 atom stereocenters. The van der Waals surface area contributed by atoms with E-state index < -0.39 is 0 Å². The third-order valence-corrected chi connectivity index (χ3v) is 4.53. The number of nitrogens with two attached hydrogens (primary N) is 1. The van der Waals surface area contributed by atoms with Crippen LogP contribution < -0.4 is 10.6 Å². The lowest BCUT2D eigenvalue weighted by molar-refractivity contribution is 0.140. The zero-order valence-corrected chi connectivity index (χ0v) is 12.5. The van der Waals surface area contributed by atoms with E-state index in [4.69, 9.17) is 15.7 Å². The Balaban J connectivity index is 1.76. The van der Waals surface area contributed by atoms with Gasteiger partial charge in [0.2, 0.25) is 5.95 Å². The molecule has 0 unspecified atom stereocenters. The number of aromatic nitrogens is 2. The van der Waals surface area contributed by atoms with Gasteiger partial charge in [0, 0.05) is 36.5 Å². The smallest absolute Gasteiger partial charge is 0.226 e. The second kappa shape index (κ2) is 5.34. The van der Waals surface area contributed by atoms with Gasteiger partial charge in [-0.15, -0.1) is 0 Å². The van der Waals surface area contributed by atoms with Gasteiger partial charge in [0.05, 0.1) is 11.8 Å². The van der Waals surface area contributed by atoms with Crippen LogP contribution in [0.2, 0.25) is 0 Å². The molecule has 1 aromatic carbocycles. The Morgan fingerprint density at radius 1 is 1.14 bits per heavy atom. The van der Waals surface area contributed by atoms with Crippen molar-refractivity contribution in [3.8, 4) is 11.3 Å². The van der Waals surface area contributed by atoms with E-state index in [-0.39, 0.29) is 6.10 Å². The van der Waals surface area contributed by atoms with E-state index in [2.05, 4.69) is 24.3 Å². The Kier molecular flexibility index (Phi) is 3.32. The summed E-state index contributed by atoms with van der Waals surface area (Å²) in [4.78, 5) is 11.6. The van der Waals surface area contributed by atoms with Crippen molar-refractivity contribution in [1.82, 2.24) is 9.97 Å². The fraction of sp³-hybridized carbons (Fsp3) is 0.412. The lowest BCUT2D eigenvalue weighted by Crippen LogP contribution is -2.51. The molecule has 2 heterocycles. The molecule has 5 nitrogen and oxygen atoms in total. The molecule has 0 amide bonds. The number of hydrogen-bond acceptors (Lipinski definition) is 5. The van der Waals surface area contributed by atoms with Crippen molar-refractivity contribution in [3.05, 3.63) is 41.1 Å². The molecule has 22 heavy (non-hydrogen) atoms. The van der Waals surface area contributed by atoms with E-state index in [0.717, 1.165) is 42.0 Å². The molecule has 2 aliphatic rings. The van der Waals surface area contributed by atoms with Crippen molar-refractivity contribution in [3.63, 3.8) is 0 Å². The first kappa shape index (κ1) is 13.7. The number of benzene rings is 1. The van der Waals surface area contributed by atoms with Crippen LogP contribution in [-0.2, 0) is 19.4 Å². The Labute approximate surface area is 129 Å². The summed E-state index contributed by atoms with van der Waals surface area (Å²) in [6.45, 7) is 1.81. The molecule has 0 saturated carbocycles. The van der Waals surface area contributed by atoms with E-state index in [1.807, 2.05) is 4.90 Å². The maximum atomic E-state index is 9.51. The molecule has 5 heteroatoms. The number of aliphatic hydroxyl groups excluding tert-OH is 1. The Bertz CT molecular complexity index is 693. The maximum absolute atomic E-state index is 9.51. The second-order valence-electron chi connectivity index (χ2n) is 6.11. The average Bonchev–Trinajstić information content (AvgIpc) is 2.99. The van der Waals surface area contributed by atoms with E-state index in [1.54, 1.807) is 0 Å². The third kappa shape index (κ3) is 2.26. The molecule has 1 aliphatic carbocycles. The van der Waals surface area contributed by atoms with Crippen LogP contribution in [0.25, 0.3) is 11.3 Å². The molecular formula is C17H20N4O. The van der Waals surface area contributed by atoms with Crippen LogP contribution >= 0.6 is 0 Å². The van der Waals surface area contributed by atoms with Gasteiger partial charge in [-0.3, -0.25) is 0 Å². The molecule has 0 bridgehead atoms. The van der Waals surface area contributed by atoms with Crippen molar-refractivity contribution in [2.24, 2.45) is 5.73 Å². The van der Waals surface area contributed by atoms with Gasteiger partial charge in [-0.2, -0.15) is 0 Å². The fourth-order valence-electron chi connectivity index (χ4n) is 3.22. The minimum absolute atomic E-state index is 0.246. The van der Waals surface area contributed by atoms with Gasteiger partial charge in [-0.1, -0.05) is 24.3 Å².